The monoisotopic (exact) mass is 369 g/mol. The number of hydrogen-bond acceptors (Lipinski definition) is 3. The summed E-state index contributed by atoms with van der Waals surface area (Å²) in [7, 11) is -3.67. The van der Waals surface area contributed by atoms with Gasteiger partial charge in [0.1, 0.15) is 5.78 Å². The SMILES string of the molecule is CC(=O)CC(C)(C)c1cccc2c1ccn2S(=O)(=O)c1ccc(C)cc1. The molecule has 1 heterocycles. The number of nitrogens with zero attached hydrogens (tertiary/aromatic N) is 1. The van der Waals surface area contributed by atoms with E-state index in [4.69, 9.17) is 0 Å². The van der Waals surface area contributed by atoms with Crippen LogP contribution in [0.5, 0.6) is 0 Å². The summed E-state index contributed by atoms with van der Waals surface area (Å²) in [6, 6.07) is 14.3. The Morgan fingerprint density at radius 1 is 1.04 bits per heavy atom. The van der Waals surface area contributed by atoms with E-state index in [0.29, 0.717) is 11.9 Å². The van der Waals surface area contributed by atoms with Gasteiger partial charge in [-0.15, -0.1) is 0 Å². The predicted octanol–water partition coefficient (Wildman–Crippen LogP) is 4.44. The topological polar surface area (TPSA) is 56.1 Å². The highest BCUT2D eigenvalue weighted by Gasteiger charge is 2.27. The summed E-state index contributed by atoms with van der Waals surface area (Å²) in [5.41, 5.74) is 2.24. The van der Waals surface area contributed by atoms with E-state index in [0.717, 1.165) is 16.5 Å². The number of rotatable bonds is 5. The van der Waals surface area contributed by atoms with E-state index in [1.54, 1.807) is 43.5 Å². The van der Waals surface area contributed by atoms with Gasteiger partial charge in [0.15, 0.2) is 0 Å². The van der Waals surface area contributed by atoms with Crippen molar-refractivity contribution in [1.82, 2.24) is 3.97 Å². The van der Waals surface area contributed by atoms with E-state index in [1.165, 1.54) is 3.97 Å². The highest BCUT2D eigenvalue weighted by Crippen LogP contribution is 2.34. The molecule has 136 valence electrons. The average Bonchev–Trinajstić information content (AvgIpc) is 2.98. The zero-order valence-corrected chi connectivity index (χ0v) is 16.3. The van der Waals surface area contributed by atoms with Crippen LogP contribution in [0.25, 0.3) is 10.9 Å². The fraction of sp³-hybridized carbons (Fsp3) is 0.286. The number of benzene rings is 2. The Kier molecular flexibility index (Phi) is 4.53. The maximum atomic E-state index is 13.1. The number of hydrogen-bond donors (Lipinski definition) is 0. The second-order valence-electron chi connectivity index (χ2n) is 7.43. The first-order chi connectivity index (χ1) is 12.1. The molecule has 0 aliphatic carbocycles. The quantitative estimate of drug-likeness (QED) is 0.668. The molecule has 0 amide bonds. The fourth-order valence-corrected chi connectivity index (χ4v) is 4.83. The number of aryl methyl sites for hydroxylation is 1. The molecule has 1 aromatic heterocycles. The van der Waals surface area contributed by atoms with Crippen LogP contribution < -0.4 is 0 Å². The van der Waals surface area contributed by atoms with Gasteiger partial charge in [-0.05, 0) is 49.1 Å². The van der Waals surface area contributed by atoms with Crippen LogP contribution in [0, 0.1) is 6.92 Å². The maximum Gasteiger partial charge on any atom is 0.268 e. The van der Waals surface area contributed by atoms with E-state index in [1.807, 2.05) is 39.0 Å². The molecule has 0 aliphatic heterocycles. The Labute approximate surface area is 154 Å². The van der Waals surface area contributed by atoms with Crippen LogP contribution in [-0.2, 0) is 20.2 Å². The standard InChI is InChI=1S/C21H23NO3S/c1-15-8-10-17(11-9-15)26(24,25)22-13-12-18-19(6-5-7-20(18)22)21(3,4)14-16(2)23/h5-13H,14H2,1-4H3. The minimum Gasteiger partial charge on any atom is -0.300 e. The normalized spacial score (nSPS) is 12.5. The van der Waals surface area contributed by atoms with Crippen LogP contribution in [0.3, 0.4) is 0 Å². The number of carbonyl (C=O) groups excluding carboxylic acids is 1. The molecule has 0 aliphatic rings. The minimum absolute atomic E-state index is 0.110. The summed E-state index contributed by atoms with van der Waals surface area (Å²) in [4.78, 5) is 11.9. The summed E-state index contributed by atoms with van der Waals surface area (Å²) in [5, 5.41) is 0.856. The lowest BCUT2D eigenvalue weighted by atomic mass is 9.79. The van der Waals surface area contributed by atoms with Gasteiger partial charge in [0.25, 0.3) is 10.0 Å². The molecule has 26 heavy (non-hydrogen) atoms. The van der Waals surface area contributed by atoms with Gasteiger partial charge in [-0.3, -0.25) is 4.79 Å². The zero-order chi connectivity index (χ0) is 19.1. The van der Waals surface area contributed by atoms with Crippen LogP contribution in [-0.4, -0.2) is 18.2 Å². The molecule has 2 aromatic carbocycles. The Balaban J connectivity index is 2.17. The van der Waals surface area contributed by atoms with Gasteiger partial charge in [-0.1, -0.05) is 43.7 Å². The van der Waals surface area contributed by atoms with Crippen molar-refractivity contribution in [2.75, 3.05) is 0 Å². The van der Waals surface area contributed by atoms with Gasteiger partial charge < -0.3 is 0 Å². The van der Waals surface area contributed by atoms with Crippen molar-refractivity contribution in [3.63, 3.8) is 0 Å². The predicted molar refractivity (Wildman–Crippen MR) is 104 cm³/mol. The average molecular weight is 369 g/mol. The summed E-state index contributed by atoms with van der Waals surface area (Å²) in [6.45, 7) is 7.52. The molecule has 0 spiro atoms. The lowest BCUT2D eigenvalue weighted by Crippen LogP contribution is -2.21. The summed E-state index contributed by atoms with van der Waals surface area (Å²) >= 11 is 0. The van der Waals surface area contributed by atoms with E-state index in [-0.39, 0.29) is 16.1 Å². The van der Waals surface area contributed by atoms with E-state index >= 15 is 0 Å². The molecule has 0 N–H and O–H groups in total. The van der Waals surface area contributed by atoms with Crippen molar-refractivity contribution >= 4 is 26.7 Å². The second kappa shape index (κ2) is 6.40. The lowest BCUT2D eigenvalue weighted by molar-refractivity contribution is -0.118. The van der Waals surface area contributed by atoms with Crippen LogP contribution in [0.2, 0.25) is 0 Å². The Morgan fingerprint density at radius 3 is 2.31 bits per heavy atom. The van der Waals surface area contributed by atoms with Crippen LogP contribution in [0.1, 0.15) is 38.3 Å². The summed E-state index contributed by atoms with van der Waals surface area (Å²) < 4.78 is 27.5. The van der Waals surface area contributed by atoms with Gasteiger partial charge in [-0.2, -0.15) is 0 Å². The first-order valence-corrected chi connectivity index (χ1v) is 9.99. The van der Waals surface area contributed by atoms with Crippen LogP contribution in [0.4, 0.5) is 0 Å². The fourth-order valence-electron chi connectivity index (χ4n) is 3.48. The lowest BCUT2D eigenvalue weighted by Gasteiger charge is -2.25. The first kappa shape index (κ1) is 18.4. The third-order valence-corrected chi connectivity index (χ3v) is 6.40. The Morgan fingerprint density at radius 2 is 1.69 bits per heavy atom. The first-order valence-electron chi connectivity index (χ1n) is 8.55. The number of fused-ring (bicyclic) bond motifs is 1. The molecule has 5 heteroatoms. The molecule has 0 unspecified atom stereocenters. The minimum atomic E-state index is -3.67. The molecule has 3 aromatic rings. The smallest absolute Gasteiger partial charge is 0.268 e. The molecule has 3 rings (SSSR count). The third-order valence-electron chi connectivity index (χ3n) is 4.69. The van der Waals surface area contributed by atoms with Crippen molar-refractivity contribution in [2.45, 2.75) is 44.4 Å². The van der Waals surface area contributed by atoms with Crippen LogP contribution in [0.15, 0.2) is 59.6 Å². The van der Waals surface area contributed by atoms with Crippen molar-refractivity contribution in [3.05, 3.63) is 65.9 Å². The molecule has 0 fully saturated rings. The van der Waals surface area contributed by atoms with Gasteiger partial charge in [0.2, 0.25) is 0 Å². The number of Topliss-reactive ketones (excluding diaryl/α,β-unsaturated/α-hetero) is 1. The van der Waals surface area contributed by atoms with E-state index in [2.05, 4.69) is 0 Å². The Bertz CT molecular complexity index is 1070. The third kappa shape index (κ3) is 3.19. The van der Waals surface area contributed by atoms with Gasteiger partial charge in [0.05, 0.1) is 10.4 Å². The summed E-state index contributed by atoms with van der Waals surface area (Å²) in [5.74, 6) is 0.110. The van der Waals surface area contributed by atoms with Gasteiger partial charge in [0, 0.05) is 18.0 Å². The Hall–Kier alpha value is -2.40. The van der Waals surface area contributed by atoms with Crippen molar-refractivity contribution in [1.29, 1.82) is 0 Å². The van der Waals surface area contributed by atoms with Crippen LogP contribution >= 0.6 is 0 Å². The molecule has 0 atom stereocenters. The van der Waals surface area contributed by atoms with E-state index in [9.17, 15) is 13.2 Å². The number of aromatic nitrogens is 1. The number of carbonyl (C=O) groups is 1. The zero-order valence-electron chi connectivity index (χ0n) is 15.5. The molecule has 0 bridgehead atoms. The van der Waals surface area contributed by atoms with Crippen molar-refractivity contribution < 1.29 is 13.2 Å². The number of ketones is 1. The molecular formula is C21H23NO3S. The maximum absolute atomic E-state index is 13.1. The molecule has 0 radical (unpaired) electrons. The van der Waals surface area contributed by atoms with Crippen molar-refractivity contribution in [3.8, 4) is 0 Å². The second-order valence-corrected chi connectivity index (χ2v) is 9.25. The highest BCUT2D eigenvalue weighted by molar-refractivity contribution is 7.90. The van der Waals surface area contributed by atoms with E-state index < -0.39 is 10.0 Å². The molecule has 0 saturated heterocycles. The highest BCUT2D eigenvalue weighted by atomic mass is 32.2. The largest absolute Gasteiger partial charge is 0.300 e. The molecule has 0 saturated carbocycles. The van der Waals surface area contributed by atoms with Gasteiger partial charge >= 0.3 is 0 Å². The molecular weight excluding hydrogens is 346 g/mol. The summed E-state index contributed by atoms with van der Waals surface area (Å²) in [6.07, 6.45) is 2.00. The van der Waals surface area contributed by atoms with Gasteiger partial charge in [-0.25, -0.2) is 12.4 Å². The van der Waals surface area contributed by atoms with Crippen molar-refractivity contribution in [2.24, 2.45) is 0 Å². The molecule has 4 nitrogen and oxygen atoms in total.